The second-order valence-electron chi connectivity index (χ2n) is 8.39. The summed E-state index contributed by atoms with van der Waals surface area (Å²) in [6.07, 6.45) is -2.28. The summed E-state index contributed by atoms with van der Waals surface area (Å²) in [7, 11) is 1.93. The fourth-order valence-electron chi connectivity index (χ4n) is 4.40. The summed E-state index contributed by atoms with van der Waals surface area (Å²) in [6, 6.07) is 13.0. The van der Waals surface area contributed by atoms with E-state index in [2.05, 4.69) is 10.2 Å². The highest BCUT2D eigenvalue weighted by atomic mass is 19.4. The van der Waals surface area contributed by atoms with Crippen molar-refractivity contribution < 1.29 is 22.7 Å². The van der Waals surface area contributed by atoms with Gasteiger partial charge in [0.25, 0.3) is 0 Å². The molecule has 0 saturated carbocycles. The second-order valence-corrected chi connectivity index (χ2v) is 8.39. The van der Waals surface area contributed by atoms with Crippen LogP contribution in [0, 0.1) is 0 Å². The van der Waals surface area contributed by atoms with Crippen molar-refractivity contribution >= 4 is 16.8 Å². The fourth-order valence-corrected chi connectivity index (χ4v) is 4.40. The number of hydrogen-bond donors (Lipinski definition) is 1. The van der Waals surface area contributed by atoms with Crippen LogP contribution in [0.5, 0.6) is 0 Å². The SMILES string of the molecule is Cn1cc(C(CC(=O)NCCN2CCOCC2)c2ccc(C(F)(F)F)cc2)c2ccccc21. The Hall–Kier alpha value is -2.84. The van der Waals surface area contributed by atoms with Crippen molar-refractivity contribution in [2.45, 2.75) is 18.5 Å². The molecule has 0 bridgehead atoms. The Morgan fingerprint density at radius 1 is 1.09 bits per heavy atom. The van der Waals surface area contributed by atoms with Gasteiger partial charge < -0.3 is 14.6 Å². The number of carbonyl (C=O) groups is 1. The summed E-state index contributed by atoms with van der Waals surface area (Å²) in [5, 5.41) is 3.97. The van der Waals surface area contributed by atoms with Gasteiger partial charge in [0.2, 0.25) is 5.91 Å². The van der Waals surface area contributed by atoms with Crippen LogP contribution in [0.4, 0.5) is 13.2 Å². The van der Waals surface area contributed by atoms with Gasteiger partial charge >= 0.3 is 6.18 Å². The molecule has 1 saturated heterocycles. The van der Waals surface area contributed by atoms with E-state index in [-0.39, 0.29) is 18.2 Å². The number of para-hydroxylation sites is 1. The third-order valence-electron chi connectivity index (χ3n) is 6.19. The van der Waals surface area contributed by atoms with Crippen molar-refractivity contribution in [3.05, 3.63) is 71.4 Å². The number of halogens is 3. The monoisotopic (exact) mass is 459 g/mol. The molecular weight excluding hydrogens is 431 g/mol. The number of fused-ring (bicyclic) bond motifs is 1. The number of morpholine rings is 1. The third kappa shape index (κ3) is 5.57. The van der Waals surface area contributed by atoms with Gasteiger partial charge in [-0.25, -0.2) is 0 Å². The lowest BCUT2D eigenvalue weighted by Gasteiger charge is -2.26. The molecule has 0 radical (unpaired) electrons. The number of ether oxygens (including phenoxy) is 1. The van der Waals surface area contributed by atoms with Crippen LogP contribution in [0.1, 0.15) is 29.0 Å². The molecule has 1 fully saturated rings. The number of carbonyl (C=O) groups excluding carboxylic acids is 1. The van der Waals surface area contributed by atoms with Gasteiger partial charge in [0.05, 0.1) is 18.8 Å². The molecule has 3 aromatic rings. The number of nitrogens with one attached hydrogen (secondary N) is 1. The van der Waals surface area contributed by atoms with Crippen LogP contribution in [0.15, 0.2) is 54.7 Å². The van der Waals surface area contributed by atoms with E-state index in [1.807, 2.05) is 42.1 Å². The Morgan fingerprint density at radius 2 is 1.79 bits per heavy atom. The number of benzene rings is 2. The lowest BCUT2D eigenvalue weighted by atomic mass is 9.87. The standard InChI is InChI=1S/C25H28F3N3O2/c1-30-17-22(20-4-2-3-5-23(20)30)21(18-6-8-19(9-7-18)25(26,27)28)16-24(32)29-10-11-31-12-14-33-15-13-31/h2-9,17,21H,10-16H2,1H3,(H,29,32). The van der Waals surface area contributed by atoms with E-state index in [4.69, 9.17) is 4.74 Å². The van der Waals surface area contributed by atoms with E-state index in [0.29, 0.717) is 25.3 Å². The number of alkyl halides is 3. The molecule has 4 rings (SSSR count). The topological polar surface area (TPSA) is 46.5 Å². The van der Waals surface area contributed by atoms with Crippen LogP contribution in [0.25, 0.3) is 10.9 Å². The molecule has 1 aliphatic heterocycles. The summed E-state index contributed by atoms with van der Waals surface area (Å²) in [6.45, 7) is 4.36. The molecule has 0 spiro atoms. The maximum absolute atomic E-state index is 13.1. The fraction of sp³-hybridized carbons (Fsp3) is 0.400. The minimum absolute atomic E-state index is 0.124. The molecule has 0 aliphatic carbocycles. The molecule has 1 amide bonds. The van der Waals surface area contributed by atoms with E-state index in [0.717, 1.165) is 48.2 Å². The van der Waals surface area contributed by atoms with Crippen molar-refractivity contribution in [2.24, 2.45) is 7.05 Å². The van der Waals surface area contributed by atoms with Gasteiger partial charge in [-0.1, -0.05) is 30.3 Å². The number of aryl methyl sites for hydroxylation is 1. The predicted octanol–water partition coefficient (Wildman–Crippen LogP) is 4.17. The largest absolute Gasteiger partial charge is 0.416 e. The van der Waals surface area contributed by atoms with Gasteiger partial charge in [0.15, 0.2) is 0 Å². The second kappa shape index (κ2) is 9.97. The van der Waals surface area contributed by atoms with E-state index in [1.54, 1.807) is 0 Å². The Morgan fingerprint density at radius 3 is 2.48 bits per heavy atom. The molecule has 1 aliphatic rings. The zero-order chi connectivity index (χ0) is 23.4. The third-order valence-corrected chi connectivity index (χ3v) is 6.19. The molecule has 1 atom stereocenters. The molecule has 5 nitrogen and oxygen atoms in total. The normalized spacial score (nSPS) is 16.1. The average Bonchev–Trinajstić information content (AvgIpc) is 3.14. The summed E-state index contributed by atoms with van der Waals surface area (Å²) < 4.78 is 46.6. The first-order valence-electron chi connectivity index (χ1n) is 11.1. The Labute approximate surface area is 191 Å². The number of aromatic nitrogens is 1. The summed E-state index contributed by atoms with van der Waals surface area (Å²) in [4.78, 5) is 15.1. The van der Waals surface area contributed by atoms with Gasteiger partial charge in [-0.05, 0) is 29.3 Å². The lowest BCUT2D eigenvalue weighted by Crippen LogP contribution is -2.41. The first-order valence-corrected chi connectivity index (χ1v) is 11.1. The van der Waals surface area contributed by atoms with Crippen LogP contribution in [-0.2, 0) is 22.8 Å². The van der Waals surface area contributed by atoms with Gasteiger partial charge in [0.1, 0.15) is 0 Å². The molecule has 2 aromatic carbocycles. The van der Waals surface area contributed by atoms with Crippen LogP contribution in [0.3, 0.4) is 0 Å². The summed E-state index contributed by atoms with van der Waals surface area (Å²) >= 11 is 0. The molecule has 8 heteroatoms. The van der Waals surface area contributed by atoms with Gasteiger partial charge in [-0.2, -0.15) is 13.2 Å². The van der Waals surface area contributed by atoms with Crippen molar-refractivity contribution in [1.29, 1.82) is 0 Å². The molecule has 33 heavy (non-hydrogen) atoms. The van der Waals surface area contributed by atoms with Crippen LogP contribution in [0.2, 0.25) is 0 Å². The average molecular weight is 460 g/mol. The Balaban J connectivity index is 1.55. The van der Waals surface area contributed by atoms with Crippen molar-refractivity contribution in [3.63, 3.8) is 0 Å². The van der Waals surface area contributed by atoms with Gasteiger partial charge in [-0.3, -0.25) is 9.69 Å². The van der Waals surface area contributed by atoms with Gasteiger partial charge in [-0.15, -0.1) is 0 Å². The molecular formula is C25H28F3N3O2. The number of amides is 1. The maximum Gasteiger partial charge on any atom is 0.416 e. The zero-order valence-corrected chi connectivity index (χ0v) is 18.6. The maximum atomic E-state index is 13.1. The summed E-state index contributed by atoms with van der Waals surface area (Å²) in [5.41, 5.74) is 1.92. The van der Waals surface area contributed by atoms with Crippen LogP contribution < -0.4 is 5.32 Å². The minimum Gasteiger partial charge on any atom is -0.379 e. The van der Waals surface area contributed by atoms with E-state index in [9.17, 15) is 18.0 Å². The summed E-state index contributed by atoms with van der Waals surface area (Å²) in [5.74, 6) is -0.483. The van der Waals surface area contributed by atoms with Crippen LogP contribution >= 0.6 is 0 Å². The van der Waals surface area contributed by atoms with Crippen molar-refractivity contribution in [1.82, 2.24) is 14.8 Å². The van der Waals surface area contributed by atoms with Crippen molar-refractivity contribution in [2.75, 3.05) is 39.4 Å². The molecule has 1 unspecified atom stereocenters. The highest BCUT2D eigenvalue weighted by molar-refractivity contribution is 5.86. The first kappa shape index (κ1) is 23.3. The van der Waals surface area contributed by atoms with E-state index in [1.165, 1.54) is 12.1 Å². The highest BCUT2D eigenvalue weighted by Crippen LogP contribution is 2.36. The molecule has 176 valence electrons. The van der Waals surface area contributed by atoms with Gasteiger partial charge in [0, 0.05) is 62.7 Å². The number of nitrogens with zero attached hydrogens (tertiary/aromatic N) is 2. The van der Waals surface area contributed by atoms with E-state index < -0.39 is 11.7 Å². The number of hydrogen-bond acceptors (Lipinski definition) is 3. The molecule has 2 heterocycles. The van der Waals surface area contributed by atoms with E-state index >= 15 is 0 Å². The Kier molecular flexibility index (Phi) is 7.05. The van der Waals surface area contributed by atoms with Crippen LogP contribution in [-0.4, -0.2) is 54.8 Å². The van der Waals surface area contributed by atoms with Crippen molar-refractivity contribution in [3.8, 4) is 0 Å². The first-order chi connectivity index (χ1) is 15.8. The lowest BCUT2D eigenvalue weighted by molar-refractivity contribution is -0.137. The quantitative estimate of drug-likeness (QED) is 0.577. The highest BCUT2D eigenvalue weighted by Gasteiger charge is 2.31. The minimum atomic E-state index is -4.40. The molecule has 1 aromatic heterocycles. The predicted molar refractivity (Wildman–Crippen MR) is 121 cm³/mol. The zero-order valence-electron chi connectivity index (χ0n) is 18.6. The smallest absolute Gasteiger partial charge is 0.379 e. The Bertz CT molecular complexity index is 1090. The number of rotatable bonds is 7. The molecule has 1 N–H and O–H groups in total.